The highest BCUT2D eigenvalue weighted by molar-refractivity contribution is 5.95. The summed E-state index contributed by atoms with van der Waals surface area (Å²) in [6.45, 7) is 5.20. The summed E-state index contributed by atoms with van der Waals surface area (Å²) < 4.78 is 5.11. The zero-order valence-corrected chi connectivity index (χ0v) is 21.5. The van der Waals surface area contributed by atoms with Gasteiger partial charge >= 0.3 is 6.03 Å². The minimum Gasteiger partial charge on any atom is -0.383 e. The van der Waals surface area contributed by atoms with Crippen LogP contribution in [-0.2, 0) is 11.2 Å². The van der Waals surface area contributed by atoms with E-state index >= 15 is 0 Å². The number of nitrogens with zero attached hydrogens (tertiary/aromatic N) is 4. The number of aryl methyl sites for hydroxylation is 1. The molecule has 0 spiro atoms. The first-order chi connectivity index (χ1) is 18.0. The Morgan fingerprint density at radius 3 is 2.89 bits per heavy atom. The van der Waals surface area contributed by atoms with Gasteiger partial charge in [0.2, 0.25) is 0 Å². The first kappa shape index (κ1) is 27.3. The lowest BCUT2D eigenvalue weighted by molar-refractivity contribution is 0.111. The summed E-state index contributed by atoms with van der Waals surface area (Å²) in [7, 11) is 1.61. The number of allylic oxidation sites excluding steroid dienone is 5. The van der Waals surface area contributed by atoms with E-state index in [0.29, 0.717) is 54.3 Å². The molecule has 2 aromatic rings. The normalized spacial score (nSPS) is 14.0. The number of hydrogen-bond donors (Lipinski definition) is 2. The van der Waals surface area contributed by atoms with Crippen molar-refractivity contribution >= 4 is 18.1 Å². The fourth-order valence-corrected chi connectivity index (χ4v) is 3.97. The standard InChI is InChI=1S/C28H32N6O3/c1-4-5-8-22(17-29)25(31-12-14-37-3)15-20(2)32-28(36)34-13-7-10-21-16-24(23-9-6-11-30-18-23)26(19-35)33-27(21)34/h5-6,8-9,11,15-16,18-19,31H,4,7,10,12-14H2,1-3H3,(H,32,36)/b8-5+,20-15+,25-22-. The second kappa shape index (κ2) is 13.7. The number of nitriles is 1. The Labute approximate surface area is 217 Å². The van der Waals surface area contributed by atoms with E-state index in [1.165, 1.54) is 0 Å². The number of hydrogen-bond acceptors (Lipinski definition) is 7. The predicted octanol–water partition coefficient (Wildman–Crippen LogP) is 4.30. The molecule has 0 bridgehead atoms. The van der Waals surface area contributed by atoms with Crippen LogP contribution in [0.1, 0.15) is 42.7 Å². The van der Waals surface area contributed by atoms with Crippen LogP contribution in [0.25, 0.3) is 11.1 Å². The van der Waals surface area contributed by atoms with Crippen molar-refractivity contribution in [3.05, 3.63) is 77.0 Å². The number of amides is 2. The maximum Gasteiger partial charge on any atom is 0.327 e. The molecule has 0 atom stereocenters. The van der Waals surface area contributed by atoms with Crippen molar-refractivity contribution < 1.29 is 14.3 Å². The molecule has 2 aromatic heterocycles. The van der Waals surface area contributed by atoms with Gasteiger partial charge in [-0.2, -0.15) is 5.26 Å². The van der Waals surface area contributed by atoms with Gasteiger partial charge in [0.25, 0.3) is 0 Å². The van der Waals surface area contributed by atoms with Gasteiger partial charge in [-0.05, 0) is 56.0 Å². The molecule has 0 unspecified atom stereocenters. The highest BCUT2D eigenvalue weighted by Gasteiger charge is 2.26. The van der Waals surface area contributed by atoms with Crippen LogP contribution in [0.4, 0.5) is 10.6 Å². The lowest BCUT2D eigenvalue weighted by Crippen LogP contribution is -2.43. The van der Waals surface area contributed by atoms with Crippen LogP contribution < -0.4 is 15.5 Å². The summed E-state index contributed by atoms with van der Waals surface area (Å²) in [4.78, 5) is 35.4. The van der Waals surface area contributed by atoms with Crippen molar-refractivity contribution in [2.24, 2.45) is 0 Å². The number of anilines is 1. The van der Waals surface area contributed by atoms with Crippen LogP contribution in [0.15, 0.2) is 65.8 Å². The Hall–Kier alpha value is -4.29. The smallest absolute Gasteiger partial charge is 0.327 e. The van der Waals surface area contributed by atoms with E-state index in [0.717, 1.165) is 30.4 Å². The Morgan fingerprint density at radius 1 is 1.38 bits per heavy atom. The number of aromatic nitrogens is 2. The van der Waals surface area contributed by atoms with Crippen LogP contribution in [0, 0.1) is 11.3 Å². The Bertz CT molecular complexity index is 1240. The van der Waals surface area contributed by atoms with Gasteiger partial charge in [0.15, 0.2) is 6.29 Å². The van der Waals surface area contributed by atoms with Gasteiger partial charge in [0.1, 0.15) is 17.6 Å². The minimum absolute atomic E-state index is 0.257. The van der Waals surface area contributed by atoms with Crippen molar-refractivity contribution in [1.82, 2.24) is 20.6 Å². The summed E-state index contributed by atoms with van der Waals surface area (Å²) >= 11 is 0. The molecule has 9 heteroatoms. The van der Waals surface area contributed by atoms with E-state index in [9.17, 15) is 14.9 Å². The van der Waals surface area contributed by atoms with Crippen LogP contribution in [-0.4, -0.2) is 49.1 Å². The molecule has 1 aliphatic heterocycles. The third-order valence-electron chi connectivity index (χ3n) is 5.74. The topological polar surface area (TPSA) is 120 Å². The van der Waals surface area contributed by atoms with E-state index in [1.54, 1.807) is 49.5 Å². The molecular weight excluding hydrogens is 468 g/mol. The van der Waals surface area contributed by atoms with Crippen molar-refractivity contribution in [2.75, 3.05) is 31.7 Å². The number of ether oxygens (including phenoxy) is 1. The highest BCUT2D eigenvalue weighted by atomic mass is 16.5. The fraction of sp³-hybridized carbons (Fsp3) is 0.321. The predicted molar refractivity (Wildman–Crippen MR) is 143 cm³/mol. The first-order valence-electron chi connectivity index (χ1n) is 12.2. The van der Waals surface area contributed by atoms with Crippen LogP contribution >= 0.6 is 0 Å². The van der Waals surface area contributed by atoms with E-state index < -0.39 is 0 Å². The largest absolute Gasteiger partial charge is 0.383 e. The molecule has 1 aliphatic rings. The molecule has 0 radical (unpaired) electrons. The lowest BCUT2D eigenvalue weighted by Gasteiger charge is -2.29. The summed E-state index contributed by atoms with van der Waals surface area (Å²) in [5.41, 5.74) is 4.24. The van der Waals surface area contributed by atoms with E-state index in [2.05, 4.69) is 26.7 Å². The van der Waals surface area contributed by atoms with Crippen LogP contribution in [0.5, 0.6) is 0 Å². The Kier molecular flexibility index (Phi) is 10.1. The fourth-order valence-electron chi connectivity index (χ4n) is 3.97. The summed E-state index contributed by atoms with van der Waals surface area (Å²) in [5.74, 6) is 0.476. The van der Waals surface area contributed by atoms with Gasteiger partial charge in [-0.25, -0.2) is 9.78 Å². The van der Waals surface area contributed by atoms with Crippen molar-refractivity contribution in [1.29, 1.82) is 5.26 Å². The first-order valence-corrected chi connectivity index (χ1v) is 12.2. The van der Waals surface area contributed by atoms with Crippen molar-refractivity contribution in [3.8, 4) is 17.2 Å². The number of pyridine rings is 2. The minimum atomic E-state index is -0.355. The highest BCUT2D eigenvalue weighted by Crippen LogP contribution is 2.31. The van der Waals surface area contributed by atoms with Gasteiger partial charge in [-0.15, -0.1) is 0 Å². The summed E-state index contributed by atoms with van der Waals surface area (Å²) in [6.07, 6.45) is 11.8. The molecule has 2 N–H and O–H groups in total. The molecule has 9 nitrogen and oxygen atoms in total. The van der Waals surface area contributed by atoms with Crippen molar-refractivity contribution in [2.45, 2.75) is 33.1 Å². The molecule has 192 valence electrons. The van der Waals surface area contributed by atoms with Gasteiger partial charge < -0.3 is 15.4 Å². The van der Waals surface area contributed by atoms with E-state index in [1.807, 2.05) is 25.1 Å². The molecule has 0 fully saturated rings. The SMILES string of the molecule is CC/C=C/C(C#N)=C(\C=C(/C)NC(=O)N1CCCc2cc(-c3cccnc3)c(C=O)nc21)NCCOC. The molecule has 3 rings (SSSR count). The molecule has 0 aromatic carbocycles. The zero-order valence-electron chi connectivity index (χ0n) is 21.5. The maximum absolute atomic E-state index is 13.3. The zero-order chi connectivity index (χ0) is 26.6. The van der Waals surface area contributed by atoms with Gasteiger partial charge in [-0.1, -0.05) is 19.1 Å². The average molecular weight is 501 g/mol. The number of carbonyl (C=O) groups is 2. The second-order valence-electron chi connectivity index (χ2n) is 8.45. The molecule has 0 saturated carbocycles. The van der Waals surface area contributed by atoms with Crippen LogP contribution in [0.2, 0.25) is 0 Å². The van der Waals surface area contributed by atoms with E-state index in [-0.39, 0.29) is 11.7 Å². The third kappa shape index (κ3) is 7.12. The Balaban J connectivity index is 1.88. The van der Waals surface area contributed by atoms with E-state index in [4.69, 9.17) is 4.74 Å². The molecule has 0 aliphatic carbocycles. The number of rotatable bonds is 10. The molecule has 2 amide bonds. The quantitative estimate of drug-likeness (QED) is 0.216. The number of aldehydes is 1. The number of urea groups is 1. The number of nitrogens with one attached hydrogen (secondary N) is 2. The van der Waals surface area contributed by atoms with Gasteiger partial charge in [0, 0.05) is 49.4 Å². The maximum atomic E-state index is 13.3. The average Bonchev–Trinajstić information content (AvgIpc) is 2.92. The summed E-state index contributed by atoms with van der Waals surface area (Å²) in [5, 5.41) is 15.7. The van der Waals surface area contributed by atoms with Crippen LogP contribution in [0.3, 0.4) is 0 Å². The number of fused-ring (bicyclic) bond motifs is 1. The lowest BCUT2D eigenvalue weighted by atomic mass is 9.99. The van der Waals surface area contributed by atoms with Crippen molar-refractivity contribution in [3.63, 3.8) is 0 Å². The third-order valence-corrected chi connectivity index (χ3v) is 5.74. The van der Waals surface area contributed by atoms with Gasteiger partial charge in [0.05, 0.1) is 17.9 Å². The molecule has 0 saturated heterocycles. The molecular formula is C28H32N6O3. The monoisotopic (exact) mass is 500 g/mol. The Morgan fingerprint density at radius 2 is 2.22 bits per heavy atom. The van der Waals surface area contributed by atoms with Gasteiger partial charge in [-0.3, -0.25) is 14.7 Å². The summed E-state index contributed by atoms with van der Waals surface area (Å²) in [6, 6.07) is 7.45. The molecule has 3 heterocycles. The molecule has 37 heavy (non-hydrogen) atoms. The second-order valence-corrected chi connectivity index (χ2v) is 8.45. The number of methoxy groups -OCH3 is 1. The number of carbonyl (C=O) groups excluding carboxylic acids is 2.